The van der Waals surface area contributed by atoms with Gasteiger partial charge in [0.15, 0.2) is 17.2 Å². The SMILES string of the molecule is O=C1C(=Cc2cc3sc(-c4ccccc4)nc3n2Cc2ccccc2)C(=O)c2cc3ccccc3cc21. The molecule has 0 unspecified atom stereocenters. The van der Waals surface area contributed by atoms with Crippen molar-refractivity contribution in [2.45, 2.75) is 6.54 Å². The van der Waals surface area contributed by atoms with Gasteiger partial charge in [-0.1, -0.05) is 84.9 Å². The van der Waals surface area contributed by atoms with Crippen LogP contribution in [-0.4, -0.2) is 21.1 Å². The molecule has 2 aromatic heterocycles. The summed E-state index contributed by atoms with van der Waals surface area (Å²) < 4.78 is 3.11. The Balaban J connectivity index is 1.37. The maximum absolute atomic E-state index is 13.4. The van der Waals surface area contributed by atoms with Crippen LogP contribution in [0.3, 0.4) is 0 Å². The number of rotatable bonds is 4. The molecule has 4 nitrogen and oxygen atoms in total. The minimum atomic E-state index is -0.223. The fourth-order valence-corrected chi connectivity index (χ4v) is 6.01. The van der Waals surface area contributed by atoms with Crippen LogP contribution in [0, 0.1) is 0 Å². The summed E-state index contributed by atoms with van der Waals surface area (Å²) in [6.07, 6.45) is 1.74. The van der Waals surface area contributed by atoms with E-state index in [2.05, 4.69) is 28.8 Å². The minimum Gasteiger partial charge on any atom is -0.321 e. The minimum absolute atomic E-state index is 0.202. The molecule has 1 aliphatic carbocycles. The van der Waals surface area contributed by atoms with Crippen LogP contribution in [0.4, 0.5) is 0 Å². The van der Waals surface area contributed by atoms with E-state index in [0.717, 1.165) is 42.9 Å². The van der Waals surface area contributed by atoms with E-state index in [0.29, 0.717) is 17.7 Å². The predicted molar refractivity (Wildman–Crippen MR) is 149 cm³/mol. The van der Waals surface area contributed by atoms with Gasteiger partial charge in [0.1, 0.15) is 5.01 Å². The molecule has 2 heterocycles. The summed E-state index contributed by atoms with van der Waals surface area (Å²) in [7, 11) is 0. The summed E-state index contributed by atoms with van der Waals surface area (Å²) in [6, 6.07) is 33.8. The molecule has 5 heteroatoms. The van der Waals surface area contributed by atoms with Crippen LogP contribution in [-0.2, 0) is 6.54 Å². The van der Waals surface area contributed by atoms with Gasteiger partial charge in [-0.05, 0) is 40.6 Å². The van der Waals surface area contributed by atoms with Crippen molar-refractivity contribution >= 4 is 50.1 Å². The fraction of sp³-hybridized carbons (Fsp3) is 0.0312. The molecule has 0 saturated heterocycles. The topological polar surface area (TPSA) is 52.0 Å². The fourth-order valence-electron chi connectivity index (χ4n) is 4.99. The molecule has 176 valence electrons. The van der Waals surface area contributed by atoms with E-state index in [1.54, 1.807) is 17.4 Å². The van der Waals surface area contributed by atoms with Crippen molar-refractivity contribution in [2.24, 2.45) is 0 Å². The molecular formula is C32H20N2O2S. The summed E-state index contributed by atoms with van der Waals surface area (Å²) in [5, 5.41) is 2.85. The van der Waals surface area contributed by atoms with Crippen LogP contribution in [0.1, 0.15) is 32.0 Å². The molecule has 7 rings (SSSR count). The smallest absolute Gasteiger partial charge is 0.197 e. The number of carbonyl (C=O) groups is 2. The standard InChI is InChI=1S/C32H20N2O2S/c35-29-25-15-22-13-7-8-14-23(22)16-26(25)30(36)27(29)17-24-18-28-31(34(24)19-20-9-3-1-4-10-20)33-32(37-28)21-11-5-2-6-12-21/h1-18H,19H2. The maximum atomic E-state index is 13.4. The van der Waals surface area contributed by atoms with E-state index in [9.17, 15) is 9.59 Å². The van der Waals surface area contributed by atoms with Crippen molar-refractivity contribution in [3.8, 4) is 10.6 Å². The largest absolute Gasteiger partial charge is 0.321 e. The number of allylic oxidation sites excluding steroid dienone is 1. The maximum Gasteiger partial charge on any atom is 0.197 e. The second-order valence-corrected chi connectivity index (χ2v) is 10.2. The lowest BCUT2D eigenvalue weighted by Gasteiger charge is -2.08. The number of fused-ring (bicyclic) bond motifs is 3. The van der Waals surface area contributed by atoms with Gasteiger partial charge in [-0.25, -0.2) is 4.98 Å². The zero-order valence-corrected chi connectivity index (χ0v) is 20.5. The van der Waals surface area contributed by atoms with Crippen molar-refractivity contribution in [3.05, 3.63) is 131 Å². The lowest BCUT2D eigenvalue weighted by Crippen LogP contribution is -2.05. The Morgan fingerprint density at radius 1 is 0.730 bits per heavy atom. The molecule has 37 heavy (non-hydrogen) atoms. The second kappa shape index (κ2) is 8.50. The number of carbonyl (C=O) groups excluding carboxylic acids is 2. The van der Waals surface area contributed by atoms with Crippen LogP contribution in [0.2, 0.25) is 0 Å². The highest BCUT2D eigenvalue weighted by atomic mass is 32.1. The number of hydrogen-bond acceptors (Lipinski definition) is 4. The molecule has 0 radical (unpaired) electrons. The van der Waals surface area contributed by atoms with Gasteiger partial charge in [-0.2, -0.15) is 0 Å². The van der Waals surface area contributed by atoms with E-state index < -0.39 is 0 Å². The third-order valence-corrected chi connectivity index (χ3v) is 7.88. The quantitative estimate of drug-likeness (QED) is 0.188. The van der Waals surface area contributed by atoms with E-state index in [-0.39, 0.29) is 17.1 Å². The summed E-state index contributed by atoms with van der Waals surface area (Å²) in [5.74, 6) is -0.445. The Kier molecular flexibility index (Phi) is 4.98. The third-order valence-electron chi connectivity index (χ3n) is 6.84. The van der Waals surface area contributed by atoms with Crippen LogP contribution in [0.15, 0.2) is 109 Å². The Hall–Kier alpha value is -4.61. The number of nitrogens with zero attached hydrogens (tertiary/aromatic N) is 2. The molecular weight excluding hydrogens is 476 g/mol. The van der Waals surface area contributed by atoms with Gasteiger partial charge in [-0.15, -0.1) is 11.3 Å². The normalized spacial score (nSPS) is 13.0. The highest BCUT2D eigenvalue weighted by Gasteiger charge is 2.34. The summed E-state index contributed by atoms with van der Waals surface area (Å²) in [6.45, 7) is 0.584. The molecule has 0 N–H and O–H groups in total. The van der Waals surface area contributed by atoms with Crippen molar-refractivity contribution in [2.75, 3.05) is 0 Å². The highest BCUT2D eigenvalue weighted by Crippen LogP contribution is 2.36. The molecule has 0 atom stereocenters. The molecule has 0 saturated carbocycles. The van der Waals surface area contributed by atoms with Crippen LogP contribution in [0.5, 0.6) is 0 Å². The first-order chi connectivity index (χ1) is 18.2. The number of hydrogen-bond donors (Lipinski definition) is 0. The second-order valence-electron chi connectivity index (χ2n) is 9.18. The number of thiazole rings is 1. The van der Waals surface area contributed by atoms with E-state index in [1.807, 2.05) is 78.9 Å². The summed E-state index contributed by atoms with van der Waals surface area (Å²) in [4.78, 5) is 31.8. The van der Waals surface area contributed by atoms with E-state index >= 15 is 0 Å². The first kappa shape index (κ1) is 21.7. The first-order valence-corrected chi connectivity index (χ1v) is 12.9. The van der Waals surface area contributed by atoms with Crippen LogP contribution >= 0.6 is 11.3 Å². The van der Waals surface area contributed by atoms with Gasteiger partial charge in [0, 0.05) is 28.9 Å². The number of aromatic nitrogens is 2. The molecule has 0 amide bonds. The van der Waals surface area contributed by atoms with Crippen molar-refractivity contribution in [1.29, 1.82) is 0 Å². The van der Waals surface area contributed by atoms with Crippen molar-refractivity contribution in [3.63, 3.8) is 0 Å². The van der Waals surface area contributed by atoms with Gasteiger partial charge >= 0.3 is 0 Å². The van der Waals surface area contributed by atoms with Crippen LogP contribution < -0.4 is 0 Å². The molecule has 0 spiro atoms. The Morgan fingerprint density at radius 2 is 1.32 bits per heavy atom. The lowest BCUT2D eigenvalue weighted by atomic mass is 10.0. The number of benzene rings is 4. The molecule has 6 aromatic rings. The predicted octanol–water partition coefficient (Wildman–Crippen LogP) is 7.43. The number of Topliss-reactive ketones (excluding diaryl/α,β-unsaturated/α-hetero) is 2. The Bertz CT molecular complexity index is 1820. The summed E-state index contributed by atoms with van der Waals surface area (Å²) in [5.41, 5.74) is 4.98. The Labute approximate surface area is 217 Å². The van der Waals surface area contributed by atoms with Gasteiger partial charge in [0.25, 0.3) is 0 Å². The van der Waals surface area contributed by atoms with Crippen LogP contribution in [0.25, 0.3) is 37.8 Å². The van der Waals surface area contributed by atoms with Crippen molar-refractivity contribution < 1.29 is 9.59 Å². The van der Waals surface area contributed by atoms with Gasteiger partial charge in [0.2, 0.25) is 0 Å². The molecule has 0 fully saturated rings. The van der Waals surface area contributed by atoms with Gasteiger partial charge in [0.05, 0.1) is 10.3 Å². The van der Waals surface area contributed by atoms with E-state index in [1.165, 1.54) is 0 Å². The molecule has 1 aliphatic rings. The first-order valence-electron chi connectivity index (χ1n) is 12.1. The lowest BCUT2D eigenvalue weighted by molar-refractivity contribution is 0.0990. The zero-order valence-electron chi connectivity index (χ0n) is 19.7. The third kappa shape index (κ3) is 3.63. The zero-order chi connectivity index (χ0) is 24.9. The number of ketones is 2. The monoisotopic (exact) mass is 496 g/mol. The molecule has 0 bridgehead atoms. The van der Waals surface area contributed by atoms with E-state index in [4.69, 9.17) is 4.98 Å². The van der Waals surface area contributed by atoms with Gasteiger partial charge < -0.3 is 4.57 Å². The highest BCUT2D eigenvalue weighted by molar-refractivity contribution is 7.21. The van der Waals surface area contributed by atoms with Gasteiger partial charge in [-0.3, -0.25) is 9.59 Å². The molecule has 4 aromatic carbocycles. The average molecular weight is 497 g/mol. The molecule has 0 aliphatic heterocycles. The van der Waals surface area contributed by atoms with Crippen molar-refractivity contribution in [1.82, 2.24) is 9.55 Å². The average Bonchev–Trinajstić information content (AvgIpc) is 3.56. The Morgan fingerprint density at radius 3 is 1.97 bits per heavy atom. The summed E-state index contributed by atoms with van der Waals surface area (Å²) >= 11 is 1.61.